The number of fused-ring (bicyclic) bond motifs is 2. The van der Waals surface area contributed by atoms with Crippen molar-refractivity contribution in [2.75, 3.05) is 29.9 Å². The molecule has 128 valence electrons. The van der Waals surface area contributed by atoms with Crippen LogP contribution in [0.1, 0.15) is 24.8 Å². The van der Waals surface area contributed by atoms with Gasteiger partial charge in [-0.05, 0) is 30.9 Å². The highest BCUT2D eigenvalue weighted by Gasteiger charge is 2.49. The summed E-state index contributed by atoms with van der Waals surface area (Å²) in [4.78, 5) is 26.9. The average Bonchev–Trinajstić information content (AvgIpc) is 3.06. The van der Waals surface area contributed by atoms with Gasteiger partial charge in [0.2, 0.25) is 11.8 Å². The number of anilines is 1. The van der Waals surface area contributed by atoms with Crippen molar-refractivity contribution in [2.45, 2.75) is 24.7 Å². The molecule has 1 aromatic rings. The van der Waals surface area contributed by atoms with E-state index in [1.54, 1.807) is 4.90 Å². The van der Waals surface area contributed by atoms with Gasteiger partial charge in [0.15, 0.2) is 9.84 Å². The fourth-order valence-corrected chi connectivity index (χ4v) is 5.96. The molecule has 0 unspecified atom stereocenters. The highest BCUT2D eigenvalue weighted by Crippen LogP contribution is 2.45. The van der Waals surface area contributed by atoms with Crippen molar-refractivity contribution in [3.63, 3.8) is 0 Å². The van der Waals surface area contributed by atoms with Crippen LogP contribution in [0.25, 0.3) is 0 Å². The quantitative estimate of drug-likeness (QED) is 0.818. The first-order valence-corrected chi connectivity index (χ1v) is 10.1. The SMILES string of the molecule is O=C([C@H]1CCS(=O)(=O)C1)N1CCC2(CC1)C(=O)Nc1ccccc12. The van der Waals surface area contributed by atoms with E-state index in [0.717, 1.165) is 11.3 Å². The minimum Gasteiger partial charge on any atom is -0.342 e. The maximum atomic E-state index is 12.6. The molecule has 0 radical (unpaired) electrons. The summed E-state index contributed by atoms with van der Waals surface area (Å²) in [7, 11) is -3.06. The van der Waals surface area contributed by atoms with Crippen molar-refractivity contribution in [1.29, 1.82) is 0 Å². The number of sulfone groups is 1. The molecule has 1 aromatic carbocycles. The van der Waals surface area contributed by atoms with Crippen LogP contribution in [-0.4, -0.2) is 49.7 Å². The number of piperidine rings is 1. The molecule has 2 amide bonds. The Balaban J connectivity index is 1.50. The molecule has 3 heterocycles. The number of hydrogen-bond acceptors (Lipinski definition) is 4. The topological polar surface area (TPSA) is 83.6 Å². The lowest BCUT2D eigenvalue weighted by molar-refractivity contribution is -0.138. The third kappa shape index (κ3) is 2.33. The Hall–Kier alpha value is -1.89. The normalized spacial score (nSPS) is 27.1. The van der Waals surface area contributed by atoms with Gasteiger partial charge in [-0.25, -0.2) is 8.42 Å². The van der Waals surface area contributed by atoms with E-state index in [0.29, 0.717) is 32.4 Å². The van der Waals surface area contributed by atoms with Crippen molar-refractivity contribution in [1.82, 2.24) is 4.90 Å². The maximum Gasteiger partial charge on any atom is 0.235 e. The summed E-state index contributed by atoms with van der Waals surface area (Å²) in [5, 5.41) is 2.95. The van der Waals surface area contributed by atoms with Gasteiger partial charge >= 0.3 is 0 Å². The lowest BCUT2D eigenvalue weighted by atomic mass is 9.73. The first-order valence-electron chi connectivity index (χ1n) is 8.31. The van der Waals surface area contributed by atoms with Crippen molar-refractivity contribution in [3.05, 3.63) is 29.8 Å². The van der Waals surface area contributed by atoms with Crippen molar-refractivity contribution >= 4 is 27.3 Å². The number of rotatable bonds is 1. The first kappa shape index (κ1) is 15.6. The van der Waals surface area contributed by atoms with Crippen molar-refractivity contribution < 1.29 is 18.0 Å². The molecule has 3 aliphatic rings. The van der Waals surface area contributed by atoms with Crippen LogP contribution in [0.5, 0.6) is 0 Å². The number of carbonyl (C=O) groups is 2. The molecule has 6 nitrogen and oxygen atoms in total. The average molecular weight is 348 g/mol. The molecule has 0 saturated carbocycles. The van der Waals surface area contributed by atoms with Gasteiger partial charge in [0, 0.05) is 18.8 Å². The number of nitrogens with one attached hydrogen (secondary N) is 1. The number of hydrogen-bond donors (Lipinski definition) is 1. The molecule has 2 fully saturated rings. The van der Waals surface area contributed by atoms with Gasteiger partial charge < -0.3 is 10.2 Å². The summed E-state index contributed by atoms with van der Waals surface area (Å²) in [5.41, 5.74) is 1.34. The van der Waals surface area contributed by atoms with Crippen LogP contribution in [-0.2, 0) is 24.8 Å². The molecule has 7 heteroatoms. The van der Waals surface area contributed by atoms with Crippen molar-refractivity contribution in [3.8, 4) is 0 Å². The molecule has 1 N–H and O–H groups in total. The second kappa shape index (κ2) is 5.31. The Kier molecular flexibility index (Phi) is 3.46. The second-order valence-corrected chi connectivity index (χ2v) is 9.24. The van der Waals surface area contributed by atoms with Gasteiger partial charge in [0.25, 0.3) is 0 Å². The van der Waals surface area contributed by atoms with E-state index in [1.807, 2.05) is 24.3 Å². The Morgan fingerprint density at radius 3 is 2.58 bits per heavy atom. The van der Waals surface area contributed by atoms with Crippen LogP contribution < -0.4 is 5.32 Å². The molecule has 0 aliphatic carbocycles. The summed E-state index contributed by atoms with van der Waals surface area (Å²) in [6, 6.07) is 7.72. The molecule has 0 aromatic heterocycles. The molecule has 4 rings (SSSR count). The highest BCUT2D eigenvalue weighted by molar-refractivity contribution is 7.91. The Morgan fingerprint density at radius 1 is 1.21 bits per heavy atom. The molecule has 3 aliphatic heterocycles. The molecular formula is C17H20N2O4S. The zero-order chi connectivity index (χ0) is 16.9. The van der Waals surface area contributed by atoms with Gasteiger partial charge in [-0.15, -0.1) is 0 Å². The smallest absolute Gasteiger partial charge is 0.235 e. The van der Waals surface area contributed by atoms with E-state index in [4.69, 9.17) is 0 Å². The highest BCUT2D eigenvalue weighted by atomic mass is 32.2. The molecule has 0 bridgehead atoms. The lowest BCUT2D eigenvalue weighted by Crippen LogP contribution is -2.49. The second-order valence-electron chi connectivity index (χ2n) is 7.01. The molecular weight excluding hydrogens is 328 g/mol. The standard InChI is InChI=1S/C17H20N2O4S/c20-15(12-5-10-24(22,23)11-12)19-8-6-17(7-9-19)13-3-1-2-4-14(13)18-16(17)21/h1-4,12H,5-11H2,(H,18,21)/t12-/m0/s1. The maximum absolute atomic E-state index is 12.6. The Labute approximate surface area is 141 Å². The first-order chi connectivity index (χ1) is 11.4. The number of nitrogens with zero attached hydrogens (tertiary/aromatic N) is 1. The van der Waals surface area contributed by atoms with Crippen LogP contribution >= 0.6 is 0 Å². The predicted octanol–water partition coefficient (Wildman–Crippen LogP) is 0.934. The van der Waals surface area contributed by atoms with E-state index in [-0.39, 0.29) is 23.3 Å². The number of carbonyl (C=O) groups excluding carboxylic acids is 2. The zero-order valence-corrected chi connectivity index (χ0v) is 14.1. The van der Waals surface area contributed by atoms with E-state index >= 15 is 0 Å². The van der Waals surface area contributed by atoms with Crippen LogP contribution in [0.3, 0.4) is 0 Å². The predicted molar refractivity (Wildman–Crippen MR) is 89.3 cm³/mol. The van der Waals surface area contributed by atoms with Crippen LogP contribution in [0.2, 0.25) is 0 Å². The summed E-state index contributed by atoms with van der Waals surface area (Å²) >= 11 is 0. The minimum absolute atomic E-state index is 0.0132. The van der Waals surface area contributed by atoms with Gasteiger partial charge in [-0.3, -0.25) is 9.59 Å². The van der Waals surface area contributed by atoms with E-state index in [2.05, 4.69) is 5.32 Å². The third-order valence-electron chi connectivity index (χ3n) is 5.64. The van der Waals surface area contributed by atoms with Crippen LogP contribution in [0.4, 0.5) is 5.69 Å². The number of likely N-dealkylation sites (tertiary alicyclic amines) is 1. The van der Waals surface area contributed by atoms with Gasteiger partial charge in [0.05, 0.1) is 22.8 Å². The van der Waals surface area contributed by atoms with Gasteiger partial charge in [-0.1, -0.05) is 18.2 Å². The number of amides is 2. The fraction of sp³-hybridized carbons (Fsp3) is 0.529. The third-order valence-corrected chi connectivity index (χ3v) is 7.40. The molecule has 24 heavy (non-hydrogen) atoms. The number of para-hydroxylation sites is 1. The monoisotopic (exact) mass is 348 g/mol. The summed E-state index contributed by atoms with van der Waals surface area (Å²) in [6.45, 7) is 0.994. The summed E-state index contributed by atoms with van der Waals surface area (Å²) < 4.78 is 23.2. The van der Waals surface area contributed by atoms with E-state index in [9.17, 15) is 18.0 Å². The van der Waals surface area contributed by atoms with Gasteiger partial charge in [0.1, 0.15) is 0 Å². The fourth-order valence-electron chi connectivity index (χ4n) is 4.23. The Bertz CT molecular complexity index is 810. The van der Waals surface area contributed by atoms with Crippen LogP contribution in [0, 0.1) is 5.92 Å². The number of benzene rings is 1. The summed E-state index contributed by atoms with van der Waals surface area (Å²) in [5.74, 6) is -0.390. The zero-order valence-electron chi connectivity index (χ0n) is 13.3. The van der Waals surface area contributed by atoms with Crippen LogP contribution in [0.15, 0.2) is 24.3 Å². The molecule has 1 spiro atoms. The lowest BCUT2D eigenvalue weighted by Gasteiger charge is -2.38. The molecule has 2 saturated heterocycles. The van der Waals surface area contributed by atoms with E-state index < -0.39 is 21.2 Å². The van der Waals surface area contributed by atoms with Crippen molar-refractivity contribution in [2.24, 2.45) is 5.92 Å². The van der Waals surface area contributed by atoms with Gasteiger partial charge in [-0.2, -0.15) is 0 Å². The molecule has 1 atom stereocenters. The Morgan fingerprint density at radius 2 is 1.92 bits per heavy atom. The summed E-state index contributed by atoms with van der Waals surface area (Å²) in [6.07, 6.45) is 1.59. The minimum atomic E-state index is -3.06. The largest absolute Gasteiger partial charge is 0.342 e. The van der Waals surface area contributed by atoms with E-state index in [1.165, 1.54) is 0 Å².